The Kier molecular flexibility index (Phi) is 9.86. The number of carbonyl (C=O) groups is 1. The van der Waals surface area contributed by atoms with Gasteiger partial charge in [0.1, 0.15) is 0 Å². The lowest BCUT2D eigenvalue weighted by Gasteiger charge is -2.30. The van der Waals surface area contributed by atoms with Gasteiger partial charge in [-0.2, -0.15) is 0 Å². The molecule has 0 heterocycles. The molecule has 0 aromatic heterocycles. The number of amides is 1. The molecule has 1 atom stereocenters. The van der Waals surface area contributed by atoms with E-state index >= 15 is 0 Å². The van der Waals surface area contributed by atoms with Crippen LogP contribution in [-0.4, -0.2) is 54.5 Å². The van der Waals surface area contributed by atoms with E-state index in [9.17, 15) is 4.79 Å². The Labute approximate surface area is 125 Å². The summed E-state index contributed by atoms with van der Waals surface area (Å²) in [4.78, 5) is 16.8. The third kappa shape index (κ3) is 7.85. The molecule has 0 fully saturated rings. The van der Waals surface area contributed by atoms with E-state index in [2.05, 4.69) is 46.4 Å². The van der Waals surface area contributed by atoms with Crippen LogP contribution in [0.4, 0.5) is 0 Å². The monoisotopic (exact) mass is 285 g/mol. The molecule has 2 N–H and O–H groups in total. The van der Waals surface area contributed by atoms with Crippen molar-refractivity contribution in [3.63, 3.8) is 0 Å². The van der Waals surface area contributed by atoms with E-state index in [-0.39, 0.29) is 11.9 Å². The van der Waals surface area contributed by atoms with Gasteiger partial charge in [0.05, 0.1) is 6.04 Å². The van der Waals surface area contributed by atoms with Crippen molar-refractivity contribution in [2.75, 3.05) is 32.7 Å². The van der Waals surface area contributed by atoms with Gasteiger partial charge in [-0.15, -0.1) is 0 Å². The molecule has 20 heavy (non-hydrogen) atoms. The van der Waals surface area contributed by atoms with E-state index in [0.717, 1.165) is 39.1 Å². The molecule has 0 aromatic carbocycles. The third-order valence-corrected chi connectivity index (χ3v) is 3.52. The second kappa shape index (κ2) is 10.2. The topological polar surface area (TPSA) is 49.6 Å². The van der Waals surface area contributed by atoms with Gasteiger partial charge in [-0.05, 0) is 31.3 Å². The first-order valence-electron chi connectivity index (χ1n) is 8.08. The van der Waals surface area contributed by atoms with Gasteiger partial charge < -0.3 is 15.5 Å². The molecular weight excluding hydrogens is 250 g/mol. The van der Waals surface area contributed by atoms with E-state index in [1.165, 1.54) is 0 Å². The van der Waals surface area contributed by atoms with Crippen LogP contribution in [0.5, 0.6) is 0 Å². The minimum absolute atomic E-state index is 0.111. The smallest absolute Gasteiger partial charge is 0.239 e. The van der Waals surface area contributed by atoms with Gasteiger partial charge in [0.25, 0.3) is 0 Å². The summed E-state index contributed by atoms with van der Waals surface area (Å²) in [5.74, 6) is 1.04. The molecule has 0 spiro atoms. The van der Waals surface area contributed by atoms with E-state index in [1.807, 2.05) is 4.90 Å². The Bertz CT molecular complexity index is 262. The Balaban J connectivity index is 4.57. The van der Waals surface area contributed by atoms with Gasteiger partial charge >= 0.3 is 0 Å². The molecule has 0 saturated heterocycles. The van der Waals surface area contributed by atoms with Crippen LogP contribution < -0.4 is 5.73 Å². The average Bonchev–Trinajstić information content (AvgIpc) is 2.36. The summed E-state index contributed by atoms with van der Waals surface area (Å²) in [6.45, 7) is 17.4. The molecule has 0 bridgehead atoms. The zero-order valence-electron chi connectivity index (χ0n) is 14.4. The molecule has 0 aliphatic rings. The summed E-state index contributed by atoms with van der Waals surface area (Å²) >= 11 is 0. The molecule has 0 aliphatic carbocycles. The van der Waals surface area contributed by atoms with E-state index in [4.69, 9.17) is 5.73 Å². The number of hydrogen-bond donors (Lipinski definition) is 1. The Morgan fingerprint density at radius 3 is 1.95 bits per heavy atom. The number of nitrogens with zero attached hydrogens (tertiary/aromatic N) is 2. The second-order valence-electron chi connectivity index (χ2n) is 6.44. The van der Waals surface area contributed by atoms with Crippen LogP contribution >= 0.6 is 0 Å². The minimum Gasteiger partial charge on any atom is -0.340 e. The number of nitrogens with two attached hydrogens (primary N) is 1. The third-order valence-electron chi connectivity index (χ3n) is 3.52. The summed E-state index contributed by atoms with van der Waals surface area (Å²) < 4.78 is 0. The van der Waals surface area contributed by atoms with E-state index < -0.39 is 0 Å². The lowest BCUT2D eigenvalue weighted by Crippen LogP contribution is -2.48. The molecule has 0 radical (unpaired) electrons. The highest BCUT2D eigenvalue weighted by molar-refractivity contribution is 5.81. The van der Waals surface area contributed by atoms with Crippen LogP contribution in [0, 0.1) is 11.8 Å². The molecular formula is C16H35N3O. The van der Waals surface area contributed by atoms with Gasteiger partial charge in [0.2, 0.25) is 5.91 Å². The lowest BCUT2D eigenvalue weighted by molar-refractivity contribution is -0.133. The van der Waals surface area contributed by atoms with Crippen molar-refractivity contribution in [1.82, 2.24) is 9.80 Å². The van der Waals surface area contributed by atoms with Crippen molar-refractivity contribution < 1.29 is 4.79 Å². The molecule has 0 saturated carbocycles. The molecule has 0 rings (SSSR count). The van der Waals surface area contributed by atoms with Crippen LogP contribution in [0.2, 0.25) is 0 Å². The van der Waals surface area contributed by atoms with Crippen LogP contribution in [0.25, 0.3) is 0 Å². The van der Waals surface area contributed by atoms with Crippen LogP contribution in [0.1, 0.15) is 48.0 Å². The Hall–Kier alpha value is -0.610. The van der Waals surface area contributed by atoms with Crippen LogP contribution in [-0.2, 0) is 4.79 Å². The fourth-order valence-corrected chi connectivity index (χ4v) is 2.38. The highest BCUT2D eigenvalue weighted by Crippen LogP contribution is 2.08. The zero-order valence-corrected chi connectivity index (χ0v) is 14.4. The maximum atomic E-state index is 12.5. The second-order valence-corrected chi connectivity index (χ2v) is 6.44. The van der Waals surface area contributed by atoms with Crippen LogP contribution in [0.3, 0.4) is 0 Å². The van der Waals surface area contributed by atoms with E-state index in [1.54, 1.807) is 0 Å². The van der Waals surface area contributed by atoms with Crippen molar-refractivity contribution >= 4 is 5.91 Å². The van der Waals surface area contributed by atoms with Crippen LogP contribution in [0.15, 0.2) is 0 Å². The number of hydrogen-bond acceptors (Lipinski definition) is 3. The normalized spacial score (nSPS) is 13.3. The minimum atomic E-state index is -0.356. The Morgan fingerprint density at radius 1 is 1.00 bits per heavy atom. The van der Waals surface area contributed by atoms with Crippen molar-refractivity contribution in [3.05, 3.63) is 0 Å². The molecule has 0 aromatic rings. The van der Waals surface area contributed by atoms with Crippen molar-refractivity contribution in [3.8, 4) is 0 Å². The number of rotatable bonds is 10. The largest absolute Gasteiger partial charge is 0.340 e. The van der Waals surface area contributed by atoms with Gasteiger partial charge in [0, 0.05) is 19.6 Å². The number of carbonyl (C=O) groups excluding carboxylic acids is 1. The lowest BCUT2D eigenvalue weighted by atomic mass is 10.0. The SMILES string of the molecule is CCN(CC)CCN(CC(C)C)C(=O)[C@@H](N)CC(C)C. The predicted octanol–water partition coefficient (Wildman–Crippen LogP) is 2.19. The maximum Gasteiger partial charge on any atom is 0.239 e. The fourth-order valence-electron chi connectivity index (χ4n) is 2.38. The molecule has 4 heteroatoms. The molecule has 4 nitrogen and oxygen atoms in total. The van der Waals surface area contributed by atoms with Gasteiger partial charge in [-0.3, -0.25) is 4.79 Å². The van der Waals surface area contributed by atoms with Gasteiger partial charge in [-0.1, -0.05) is 41.5 Å². The van der Waals surface area contributed by atoms with Crippen molar-refractivity contribution in [1.29, 1.82) is 0 Å². The van der Waals surface area contributed by atoms with Crippen molar-refractivity contribution in [2.24, 2.45) is 17.6 Å². The Morgan fingerprint density at radius 2 is 1.55 bits per heavy atom. The summed E-state index contributed by atoms with van der Waals surface area (Å²) in [6, 6.07) is -0.356. The summed E-state index contributed by atoms with van der Waals surface area (Å²) in [5.41, 5.74) is 6.06. The first-order valence-corrected chi connectivity index (χ1v) is 8.08. The maximum absolute atomic E-state index is 12.5. The fraction of sp³-hybridized carbons (Fsp3) is 0.938. The first kappa shape index (κ1) is 19.4. The highest BCUT2D eigenvalue weighted by atomic mass is 16.2. The molecule has 0 unspecified atom stereocenters. The predicted molar refractivity (Wildman–Crippen MR) is 86.6 cm³/mol. The first-order chi connectivity index (χ1) is 9.31. The van der Waals surface area contributed by atoms with Gasteiger partial charge in [0.15, 0.2) is 0 Å². The number of likely N-dealkylation sites (N-methyl/N-ethyl adjacent to an activating group) is 1. The van der Waals surface area contributed by atoms with Gasteiger partial charge in [-0.25, -0.2) is 0 Å². The summed E-state index contributed by atoms with van der Waals surface area (Å²) in [7, 11) is 0. The standard InChI is InChI=1S/C16H35N3O/c1-7-18(8-2)9-10-19(12-14(5)6)16(20)15(17)11-13(3)4/h13-15H,7-12,17H2,1-6H3/t15-/m0/s1. The van der Waals surface area contributed by atoms with E-state index in [0.29, 0.717) is 11.8 Å². The molecule has 120 valence electrons. The molecule has 0 aliphatic heterocycles. The highest BCUT2D eigenvalue weighted by Gasteiger charge is 2.22. The summed E-state index contributed by atoms with van der Waals surface area (Å²) in [5, 5.41) is 0. The van der Waals surface area contributed by atoms with Crippen molar-refractivity contribution in [2.45, 2.75) is 54.0 Å². The molecule has 1 amide bonds. The quantitative estimate of drug-likeness (QED) is 0.669. The zero-order chi connectivity index (χ0) is 15.7. The average molecular weight is 285 g/mol. The summed E-state index contributed by atoms with van der Waals surface area (Å²) in [6.07, 6.45) is 0.763.